The monoisotopic (exact) mass is 392 g/mol. The van der Waals surface area contributed by atoms with Crippen molar-refractivity contribution in [3.63, 3.8) is 0 Å². The molecule has 2 heterocycles. The van der Waals surface area contributed by atoms with Gasteiger partial charge in [-0.2, -0.15) is 13.2 Å². The fourth-order valence-corrected chi connectivity index (χ4v) is 3.60. The van der Waals surface area contributed by atoms with Crippen molar-refractivity contribution in [3.05, 3.63) is 52.6 Å². The molecular weight excluding hydrogens is 373 g/mol. The number of halogens is 3. The quantitative estimate of drug-likeness (QED) is 0.829. The van der Waals surface area contributed by atoms with Gasteiger partial charge < -0.3 is 20.1 Å². The second kappa shape index (κ2) is 7.26. The minimum Gasteiger partial charge on any atom is -0.493 e. The molecule has 8 heteroatoms. The van der Waals surface area contributed by atoms with Crippen LogP contribution in [0, 0.1) is 0 Å². The van der Waals surface area contributed by atoms with Gasteiger partial charge in [-0.15, -0.1) is 0 Å². The molecule has 0 saturated heterocycles. The molecule has 2 N–H and O–H groups in total. The van der Waals surface area contributed by atoms with Gasteiger partial charge in [-0.05, 0) is 30.7 Å². The summed E-state index contributed by atoms with van der Waals surface area (Å²) in [5, 5.41) is 5.13. The third kappa shape index (κ3) is 3.72. The van der Waals surface area contributed by atoms with Crippen molar-refractivity contribution in [3.8, 4) is 11.5 Å². The number of rotatable bonds is 4. The number of amides is 2. The van der Waals surface area contributed by atoms with Crippen LogP contribution in [-0.4, -0.2) is 25.8 Å². The number of nitrogens with one attached hydrogen (secondary N) is 2. The van der Waals surface area contributed by atoms with Crippen molar-refractivity contribution >= 4 is 11.7 Å². The van der Waals surface area contributed by atoms with Crippen molar-refractivity contribution in [1.82, 2.24) is 5.32 Å². The molecule has 2 aliphatic rings. The van der Waals surface area contributed by atoms with Gasteiger partial charge in [-0.25, -0.2) is 4.79 Å². The smallest absolute Gasteiger partial charge is 0.416 e. The zero-order valence-corrected chi connectivity index (χ0v) is 15.0. The molecular formula is C20H19F3N2O3. The summed E-state index contributed by atoms with van der Waals surface area (Å²) in [5.41, 5.74) is 2.55. The molecule has 0 bridgehead atoms. The van der Waals surface area contributed by atoms with Gasteiger partial charge in [0.15, 0.2) is 0 Å². The van der Waals surface area contributed by atoms with Gasteiger partial charge in [-0.1, -0.05) is 6.07 Å². The second-order valence-electron chi connectivity index (χ2n) is 6.73. The van der Waals surface area contributed by atoms with Crippen LogP contribution in [0.25, 0.3) is 0 Å². The molecule has 2 aromatic carbocycles. The molecule has 0 atom stereocenters. The Morgan fingerprint density at radius 3 is 2.75 bits per heavy atom. The summed E-state index contributed by atoms with van der Waals surface area (Å²) in [7, 11) is 0. The molecule has 5 nitrogen and oxygen atoms in total. The highest BCUT2D eigenvalue weighted by Gasteiger charge is 2.30. The first-order valence-corrected chi connectivity index (χ1v) is 9.07. The van der Waals surface area contributed by atoms with E-state index >= 15 is 0 Å². The van der Waals surface area contributed by atoms with E-state index in [1.54, 1.807) is 0 Å². The normalized spacial score (nSPS) is 14.7. The van der Waals surface area contributed by atoms with E-state index in [0.29, 0.717) is 26.2 Å². The molecule has 2 aromatic rings. The number of hydrogen-bond acceptors (Lipinski definition) is 3. The van der Waals surface area contributed by atoms with Crippen LogP contribution >= 0.6 is 0 Å². The maximum absolute atomic E-state index is 12.8. The first-order chi connectivity index (χ1) is 13.4. The molecule has 0 fully saturated rings. The van der Waals surface area contributed by atoms with Crippen LogP contribution < -0.4 is 20.1 Å². The molecule has 0 aliphatic carbocycles. The lowest BCUT2D eigenvalue weighted by atomic mass is 9.97. The number of urea groups is 1. The average molecular weight is 392 g/mol. The zero-order valence-electron chi connectivity index (χ0n) is 15.0. The molecule has 4 rings (SSSR count). The largest absolute Gasteiger partial charge is 0.493 e. The van der Waals surface area contributed by atoms with Crippen LogP contribution in [-0.2, 0) is 25.4 Å². The lowest BCUT2D eigenvalue weighted by Crippen LogP contribution is -2.30. The summed E-state index contributed by atoms with van der Waals surface area (Å²) in [4.78, 5) is 12.1. The van der Waals surface area contributed by atoms with Crippen LogP contribution in [0.3, 0.4) is 0 Å². The molecule has 28 heavy (non-hydrogen) atoms. The number of ether oxygens (including phenoxy) is 2. The number of hydrogen-bond donors (Lipinski definition) is 2. The van der Waals surface area contributed by atoms with Gasteiger partial charge in [0.05, 0.1) is 18.8 Å². The Hall–Kier alpha value is -2.90. The first kappa shape index (κ1) is 18.5. The molecule has 0 radical (unpaired) electrons. The molecule has 2 aliphatic heterocycles. The van der Waals surface area contributed by atoms with Crippen molar-refractivity contribution in [2.24, 2.45) is 0 Å². The van der Waals surface area contributed by atoms with E-state index in [4.69, 9.17) is 9.47 Å². The van der Waals surface area contributed by atoms with E-state index in [-0.39, 0.29) is 5.69 Å². The van der Waals surface area contributed by atoms with Gasteiger partial charge >= 0.3 is 12.2 Å². The van der Waals surface area contributed by atoms with E-state index in [1.807, 2.05) is 6.07 Å². The molecule has 148 valence electrons. The fraction of sp³-hybridized carbons (Fsp3) is 0.350. The number of alkyl halides is 3. The Balaban J connectivity index is 1.38. The van der Waals surface area contributed by atoms with E-state index in [1.165, 1.54) is 12.1 Å². The van der Waals surface area contributed by atoms with Gasteiger partial charge in [0.25, 0.3) is 0 Å². The SMILES string of the molecule is O=C(NCCc1c2c(cc3c1OCC3)OCC2)Nc1cccc(C(F)(F)F)c1. The van der Waals surface area contributed by atoms with Crippen molar-refractivity contribution in [2.45, 2.75) is 25.4 Å². The highest BCUT2D eigenvalue weighted by Crippen LogP contribution is 2.40. The average Bonchev–Trinajstić information content (AvgIpc) is 3.29. The van der Waals surface area contributed by atoms with Crippen LogP contribution in [0.15, 0.2) is 30.3 Å². The van der Waals surface area contributed by atoms with E-state index in [9.17, 15) is 18.0 Å². The molecule has 0 aromatic heterocycles. The second-order valence-corrected chi connectivity index (χ2v) is 6.73. The topological polar surface area (TPSA) is 59.6 Å². The number of benzene rings is 2. The lowest BCUT2D eigenvalue weighted by molar-refractivity contribution is -0.137. The summed E-state index contributed by atoms with van der Waals surface area (Å²) < 4.78 is 49.7. The Morgan fingerprint density at radius 1 is 1.11 bits per heavy atom. The van der Waals surface area contributed by atoms with Crippen molar-refractivity contribution in [1.29, 1.82) is 0 Å². The number of carbonyl (C=O) groups is 1. The predicted molar refractivity (Wildman–Crippen MR) is 97.0 cm³/mol. The van der Waals surface area contributed by atoms with Gasteiger partial charge in [-0.3, -0.25) is 0 Å². The van der Waals surface area contributed by atoms with Crippen molar-refractivity contribution in [2.75, 3.05) is 25.1 Å². The Bertz CT molecular complexity index is 880. The summed E-state index contributed by atoms with van der Waals surface area (Å²) in [5.74, 6) is 1.76. The third-order valence-corrected chi connectivity index (χ3v) is 4.87. The summed E-state index contributed by atoms with van der Waals surface area (Å²) in [6.07, 6.45) is -2.25. The van der Waals surface area contributed by atoms with Crippen LogP contribution in [0.2, 0.25) is 0 Å². The number of anilines is 1. The summed E-state index contributed by atoms with van der Waals surface area (Å²) in [6, 6.07) is 6.01. The number of fused-ring (bicyclic) bond motifs is 2. The van der Waals surface area contributed by atoms with E-state index < -0.39 is 17.8 Å². The standard InChI is InChI=1S/C20H19F3N2O3/c21-20(22,23)13-2-1-3-14(11-13)25-19(26)24-7-4-16-15-6-9-27-17(15)10-12-5-8-28-18(12)16/h1-3,10-11H,4-9H2,(H2,24,25,26). The van der Waals surface area contributed by atoms with Crippen LogP contribution in [0.1, 0.15) is 22.3 Å². The van der Waals surface area contributed by atoms with Gasteiger partial charge in [0.2, 0.25) is 0 Å². The molecule has 0 saturated carbocycles. The maximum Gasteiger partial charge on any atom is 0.416 e. The first-order valence-electron chi connectivity index (χ1n) is 9.07. The maximum atomic E-state index is 12.8. The van der Waals surface area contributed by atoms with Crippen LogP contribution in [0.5, 0.6) is 11.5 Å². The third-order valence-electron chi connectivity index (χ3n) is 4.87. The van der Waals surface area contributed by atoms with Crippen molar-refractivity contribution < 1.29 is 27.4 Å². The highest BCUT2D eigenvalue weighted by atomic mass is 19.4. The van der Waals surface area contributed by atoms with Gasteiger partial charge in [0.1, 0.15) is 11.5 Å². The minimum absolute atomic E-state index is 0.0885. The Kier molecular flexibility index (Phi) is 4.78. The molecule has 2 amide bonds. The molecule has 0 unspecified atom stereocenters. The Labute approximate surface area is 159 Å². The minimum atomic E-state index is -4.45. The zero-order chi connectivity index (χ0) is 19.7. The Morgan fingerprint density at radius 2 is 1.93 bits per heavy atom. The number of carbonyl (C=O) groups excluding carboxylic acids is 1. The summed E-state index contributed by atoms with van der Waals surface area (Å²) >= 11 is 0. The van der Waals surface area contributed by atoms with Crippen LogP contribution in [0.4, 0.5) is 23.7 Å². The summed E-state index contributed by atoms with van der Waals surface area (Å²) in [6.45, 7) is 1.60. The predicted octanol–water partition coefficient (Wildman–Crippen LogP) is 3.94. The molecule has 0 spiro atoms. The highest BCUT2D eigenvalue weighted by molar-refractivity contribution is 5.89. The lowest BCUT2D eigenvalue weighted by Gasteiger charge is -2.14. The van der Waals surface area contributed by atoms with E-state index in [2.05, 4.69) is 10.6 Å². The van der Waals surface area contributed by atoms with Gasteiger partial charge in [0, 0.05) is 41.8 Å². The fourth-order valence-electron chi connectivity index (χ4n) is 3.60. The van der Waals surface area contributed by atoms with E-state index in [0.717, 1.165) is 53.2 Å².